The lowest BCUT2D eigenvalue weighted by molar-refractivity contribution is 0.293. The molecule has 0 heterocycles. The third-order valence-electron chi connectivity index (χ3n) is 2.01. The minimum absolute atomic E-state index is 0.0567. The number of hydrogen-bond acceptors (Lipinski definition) is 2. The number of benzene rings is 1. The van der Waals surface area contributed by atoms with Gasteiger partial charge in [-0.3, -0.25) is 5.41 Å². The van der Waals surface area contributed by atoms with Gasteiger partial charge in [-0.25, -0.2) is 4.39 Å². The molecular formula is C11H14ClFN2O. The maximum absolute atomic E-state index is 13.3. The number of amidine groups is 1. The van der Waals surface area contributed by atoms with Crippen LogP contribution in [0.15, 0.2) is 18.2 Å². The minimum Gasteiger partial charge on any atom is -0.490 e. The van der Waals surface area contributed by atoms with Gasteiger partial charge in [0.2, 0.25) is 0 Å². The minimum atomic E-state index is -0.532. The van der Waals surface area contributed by atoms with Gasteiger partial charge in [0.15, 0.2) is 11.6 Å². The molecule has 0 aliphatic rings. The first-order valence-electron chi connectivity index (χ1n) is 5.01. The molecule has 1 aromatic carbocycles. The molecule has 5 heteroatoms. The molecule has 0 aliphatic carbocycles. The Morgan fingerprint density at radius 1 is 1.44 bits per heavy atom. The van der Waals surface area contributed by atoms with E-state index in [1.54, 1.807) is 6.07 Å². The monoisotopic (exact) mass is 244 g/mol. The molecule has 0 radical (unpaired) electrons. The van der Waals surface area contributed by atoms with E-state index in [1.165, 1.54) is 12.1 Å². The summed E-state index contributed by atoms with van der Waals surface area (Å²) < 4.78 is 18.6. The van der Waals surface area contributed by atoms with E-state index in [-0.39, 0.29) is 16.6 Å². The summed E-state index contributed by atoms with van der Waals surface area (Å²) in [6, 6.07) is 4.64. The maximum atomic E-state index is 13.3. The highest BCUT2D eigenvalue weighted by atomic mass is 35.5. The van der Waals surface area contributed by atoms with Crippen molar-refractivity contribution in [1.82, 2.24) is 0 Å². The van der Waals surface area contributed by atoms with Crippen molar-refractivity contribution < 1.29 is 9.13 Å². The predicted molar refractivity (Wildman–Crippen MR) is 62.7 cm³/mol. The van der Waals surface area contributed by atoms with E-state index in [2.05, 4.69) is 0 Å². The van der Waals surface area contributed by atoms with Gasteiger partial charge in [-0.05, 0) is 25.0 Å². The Bertz CT molecular complexity index is 371. The summed E-state index contributed by atoms with van der Waals surface area (Å²) in [5.74, 6) is -0.208. The fraction of sp³-hybridized carbons (Fsp3) is 0.364. The predicted octanol–water partition coefficient (Wildman–Crippen LogP) is 2.96. The highest BCUT2D eigenvalue weighted by Crippen LogP contribution is 2.24. The Labute approximate surface area is 98.9 Å². The van der Waals surface area contributed by atoms with E-state index in [9.17, 15) is 4.39 Å². The van der Waals surface area contributed by atoms with Gasteiger partial charge >= 0.3 is 0 Å². The average Bonchev–Trinajstić information content (AvgIpc) is 2.23. The van der Waals surface area contributed by atoms with E-state index in [0.717, 1.165) is 12.8 Å². The van der Waals surface area contributed by atoms with Crippen molar-refractivity contribution in [3.05, 3.63) is 29.0 Å². The zero-order valence-electron chi connectivity index (χ0n) is 8.80. The third kappa shape index (κ3) is 4.06. The van der Waals surface area contributed by atoms with Crippen LogP contribution >= 0.6 is 11.6 Å². The topological polar surface area (TPSA) is 59.1 Å². The molecule has 16 heavy (non-hydrogen) atoms. The molecule has 0 saturated carbocycles. The largest absolute Gasteiger partial charge is 0.490 e. The second-order valence-corrected chi connectivity index (χ2v) is 3.79. The van der Waals surface area contributed by atoms with Crippen LogP contribution in [0.3, 0.4) is 0 Å². The van der Waals surface area contributed by atoms with Crippen molar-refractivity contribution in [2.75, 3.05) is 6.61 Å². The van der Waals surface area contributed by atoms with E-state index in [4.69, 9.17) is 27.5 Å². The van der Waals surface area contributed by atoms with Gasteiger partial charge in [-0.1, -0.05) is 17.7 Å². The van der Waals surface area contributed by atoms with Crippen molar-refractivity contribution in [1.29, 1.82) is 5.41 Å². The highest BCUT2D eigenvalue weighted by Gasteiger charge is 2.06. The van der Waals surface area contributed by atoms with Gasteiger partial charge in [0.1, 0.15) is 0 Å². The first kappa shape index (κ1) is 12.8. The zero-order valence-corrected chi connectivity index (χ0v) is 9.56. The summed E-state index contributed by atoms with van der Waals surface area (Å²) in [5.41, 5.74) is 5.19. The standard InChI is InChI=1S/C11H14ClFN2O/c12-8-4-3-5-9(11(8)13)16-7-2-1-6-10(14)15/h3-5H,1-2,6-7H2,(H3,14,15). The Morgan fingerprint density at radius 3 is 2.88 bits per heavy atom. The van der Waals surface area contributed by atoms with Gasteiger partial charge in [0.05, 0.1) is 17.5 Å². The Hall–Kier alpha value is -1.29. The molecule has 3 N–H and O–H groups in total. The van der Waals surface area contributed by atoms with Crippen LogP contribution in [0.2, 0.25) is 5.02 Å². The molecule has 0 aliphatic heterocycles. The molecule has 0 amide bonds. The molecule has 1 rings (SSSR count). The first-order valence-corrected chi connectivity index (χ1v) is 5.38. The van der Waals surface area contributed by atoms with Gasteiger partial charge < -0.3 is 10.5 Å². The van der Waals surface area contributed by atoms with Gasteiger partial charge in [-0.15, -0.1) is 0 Å². The molecule has 3 nitrogen and oxygen atoms in total. The van der Waals surface area contributed by atoms with Crippen LogP contribution in [-0.4, -0.2) is 12.4 Å². The van der Waals surface area contributed by atoms with Crippen molar-refractivity contribution in [3.63, 3.8) is 0 Å². The summed E-state index contributed by atoms with van der Waals surface area (Å²) in [4.78, 5) is 0. The van der Waals surface area contributed by atoms with Crippen LogP contribution in [0, 0.1) is 11.2 Å². The maximum Gasteiger partial charge on any atom is 0.183 e. The molecule has 1 aromatic rings. The zero-order chi connectivity index (χ0) is 12.0. The van der Waals surface area contributed by atoms with Gasteiger partial charge in [0.25, 0.3) is 0 Å². The lowest BCUT2D eigenvalue weighted by atomic mass is 10.2. The Balaban J connectivity index is 2.32. The number of nitrogens with one attached hydrogen (secondary N) is 1. The van der Waals surface area contributed by atoms with E-state index < -0.39 is 5.82 Å². The van der Waals surface area contributed by atoms with Crippen LogP contribution in [0.25, 0.3) is 0 Å². The smallest absolute Gasteiger partial charge is 0.183 e. The molecule has 0 aromatic heterocycles. The number of ether oxygens (including phenoxy) is 1. The summed E-state index contributed by atoms with van der Waals surface area (Å²) >= 11 is 5.60. The highest BCUT2D eigenvalue weighted by molar-refractivity contribution is 6.30. The van der Waals surface area contributed by atoms with Crippen molar-refractivity contribution in [2.24, 2.45) is 5.73 Å². The molecule has 0 atom stereocenters. The molecule has 0 fully saturated rings. The number of unbranched alkanes of at least 4 members (excludes halogenated alkanes) is 1. The fourth-order valence-electron chi connectivity index (χ4n) is 1.20. The van der Waals surface area contributed by atoms with Crippen LogP contribution in [-0.2, 0) is 0 Å². The number of halogens is 2. The third-order valence-corrected chi connectivity index (χ3v) is 2.31. The summed E-state index contributed by atoms with van der Waals surface area (Å²) in [5, 5.41) is 7.07. The van der Waals surface area contributed by atoms with E-state index in [0.29, 0.717) is 13.0 Å². The summed E-state index contributed by atoms with van der Waals surface area (Å²) in [7, 11) is 0. The quantitative estimate of drug-likeness (QED) is 0.459. The summed E-state index contributed by atoms with van der Waals surface area (Å²) in [6.07, 6.45) is 2.03. The van der Waals surface area contributed by atoms with Gasteiger partial charge in [-0.2, -0.15) is 0 Å². The molecule has 0 bridgehead atoms. The molecule has 0 saturated heterocycles. The van der Waals surface area contributed by atoms with Crippen molar-refractivity contribution in [2.45, 2.75) is 19.3 Å². The molecule has 0 spiro atoms. The second-order valence-electron chi connectivity index (χ2n) is 3.38. The Kier molecular flexibility index (Phi) is 5.05. The van der Waals surface area contributed by atoms with Gasteiger partial charge in [0, 0.05) is 6.42 Å². The van der Waals surface area contributed by atoms with Crippen LogP contribution < -0.4 is 10.5 Å². The molecular weight excluding hydrogens is 231 g/mol. The van der Waals surface area contributed by atoms with Crippen molar-refractivity contribution in [3.8, 4) is 5.75 Å². The SMILES string of the molecule is N=C(N)CCCCOc1cccc(Cl)c1F. The fourth-order valence-corrected chi connectivity index (χ4v) is 1.36. The lowest BCUT2D eigenvalue weighted by Crippen LogP contribution is -2.09. The summed E-state index contributed by atoms with van der Waals surface area (Å²) in [6.45, 7) is 0.393. The number of nitrogens with two attached hydrogens (primary N) is 1. The normalized spacial score (nSPS) is 10.1. The average molecular weight is 245 g/mol. The molecule has 88 valence electrons. The van der Waals surface area contributed by atoms with Crippen LogP contribution in [0.1, 0.15) is 19.3 Å². The lowest BCUT2D eigenvalue weighted by Gasteiger charge is -2.07. The van der Waals surface area contributed by atoms with Crippen molar-refractivity contribution >= 4 is 17.4 Å². The molecule has 0 unspecified atom stereocenters. The van der Waals surface area contributed by atoms with Crippen LogP contribution in [0.5, 0.6) is 5.75 Å². The van der Waals surface area contributed by atoms with E-state index in [1.807, 2.05) is 0 Å². The number of rotatable bonds is 6. The first-order chi connectivity index (χ1) is 7.61. The second kappa shape index (κ2) is 6.33. The number of hydrogen-bond donors (Lipinski definition) is 2. The Morgan fingerprint density at radius 2 is 2.19 bits per heavy atom. The van der Waals surface area contributed by atoms with E-state index >= 15 is 0 Å². The van der Waals surface area contributed by atoms with Crippen LogP contribution in [0.4, 0.5) is 4.39 Å².